The van der Waals surface area contributed by atoms with Gasteiger partial charge in [-0.1, -0.05) is 12.7 Å². The highest BCUT2D eigenvalue weighted by molar-refractivity contribution is 7.83. The van der Waals surface area contributed by atoms with Crippen LogP contribution in [-0.2, 0) is 24.9 Å². The fourth-order valence-corrected chi connectivity index (χ4v) is 1.26. The van der Waals surface area contributed by atoms with Crippen molar-refractivity contribution < 1.29 is 18.0 Å². The fourth-order valence-electron chi connectivity index (χ4n) is 0.936. The van der Waals surface area contributed by atoms with Crippen molar-refractivity contribution in [3.63, 3.8) is 0 Å². The Balaban J connectivity index is 3.50. The second-order valence-corrected chi connectivity index (χ2v) is 4.31. The second-order valence-electron chi connectivity index (χ2n) is 3.22. The van der Waals surface area contributed by atoms with Gasteiger partial charge in [-0.2, -0.15) is 0 Å². The summed E-state index contributed by atoms with van der Waals surface area (Å²) in [5, 5.41) is 6.23. The van der Waals surface area contributed by atoms with Crippen LogP contribution < -0.4 is 10.6 Å². The molecule has 7 heteroatoms. The van der Waals surface area contributed by atoms with Gasteiger partial charge in [-0.25, -0.2) is 4.21 Å². The van der Waals surface area contributed by atoms with Crippen molar-refractivity contribution >= 4 is 22.9 Å². The van der Waals surface area contributed by atoms with E-state index in [0.717, 1.165) is 5.41 Å². The molecule has 1 unspecified atom stereocenters. The Kier molecular flexibility index (Phi) is 9.80. The molecule has 0 saturated carbocycles. The molecule has 102 valence electrons. The highest BCUT2D eigenvalue weighted by Gasteiger charge is 2.03. The minimum Gasteiger partial charge on any atom is -0.354 e. The van der Waals surface area contributed by atoms with Crippen molar-refractivity contribution in [2.75, 3.05) is 19.7 Å². The summed E-state index contributed by atoms with van der Waals surface area (Å²) in [7, 11) is 0. The monoisotopic (exact) mass is 274 g/mol. The van der Waals surface area contributed by atoms with Crippen molar-refractivity contribution in [3.8, 4) is 0 Å². The van der Waals surface area contributed by atoms with Crippen LogP contribution in [0.4, 0.5) is 0 Å². The Labute approximate surface area is 109 Å². The van der Waals surface area contributed by atoms with Gasteiger partial charge in [0.15, 0.2) is 11.1 Å². The first-order valence-corrected chi connectivity index (χ1v) is 6.54. The maximum atomic E-state index is 11.2. The highest BCUT2D eigenvalue weighted by atomic mass is 32.2. The molecule has 0 aliphatic heterocycles. The topological polar surface area (TPSA) is 84.5 Å². The summed E-state index contributed by atoms with van der Waals surface area (Å²) in [5.74, 6) is -0.487. The molecule has 0 saturated heterocycles. The van der Waals surface area contributed by atoms with E-state index in [9.17, 15) is 13.8 Å². The van der Waals surface area contributed by atoms with E-state index < -0.39 is 17.0 Å². The zero-order chi connectivity index (χ0) is 13.8. The molecule has 18 heavy (non-hydrogen) atoms. The third-order valence-electron chi connectivity index (χ3n) is 1.79. The number of hydrogen-bond acceptors (Lipinski definition) is 4. The van der Waals surface area contributed by atoms with Gasteiger partial charge in [-0.15, -0.1) is 6.58 Å². The molecule has 0 aromatic rings. The summed E-state index contributed by atoms with van der Waals surface area (Å²) < 4.78 is 15.4. The average Bonchev–Trinajstić information content (AvgIpc) is 2.38. The molecule has 6 nitrogen and oxygen atoms in total. The molecular weight excluding hydrogens is 256 g/mol. The van der Waals surface area contributed by atoms with Crippen molar-refractivity contribution in [2.24, 2.45) is 0 Å². The van der Waals surface area contributed by atoms with Gasteiger partial charge in [0.25, 0.3) is 0 Å². The zero-order valence-electron chi connectivity index (χ0n) is 10.1. The summed E-state index contributed by atoms with van der Waals surface area (Å²) in [6.45, 7) is 7.09. The van der Waals surface area contributed by atoms with Gasteiger partial charge in [-0.3, -0.25) is 13.8 Å². The molecule has 0 bridgehead atoms. The largest absolute Gasteiger partial charge is 0.354 e. The lowest BCUT2D eigenvalue weighted by Crippen LogP contribution is -2.36. The van der Waals surface area contributed by atoms with E-state index in [1.165, 1.54) is 0 Å². The van der Waals surface area contributed by atoms with E-state index in [-0.39, 0.29) is 12.5 Å². The Morgan fingerprint density at radius 3 is 2.33 bits per heavy atom. The summed E-state index contributed by atoms with van der Waals surface area (Å²) in [5.41, 5.74) is 0. The van der Waals surface area contributed by atoms with Crippen molar-refractivity contribution in [3.05, 3.63) is 24.6 Å². The van der Waals surface area contributed by atoms with E-state index >= 15 is 0 Å². The van der Waals surface area contributed by atoms with Crippen LogP contribution in [0.5, 0.6) is 0 Å². The molecule has 0 fully saturated rings. The summed E-state index contributed by atoms with van der Waals surface area (Å²) in [4.78, 5) is 22.3. The molecule has 1 atom stereocenters. The lowest BCUT2D eigenvalue weighted by molar-refractivity contribution is -0.123. The summed E-state index contributed by atoms with van der Waals surface area (Å²) in [6.07, 6.45) is 2.68. The lowest BCUT2D eigenvalue weighted by atomic mass is 10.3. The Morgan fingerprint density at radius 1 is 1.17 bits per heavy atom. The number of carbonyl (C=O) groups excluding carboxylic acids is 2. The number of amides is 2. The van der Waals surface area contributed by atoms with E-state index in [0.29, 0.717) is 25.9 Å². The first-order chi connectivity index (χ1) is 8.60. The Bertz CT molecular complexity index is 331. The smallest absolute Gasteiger partial charge is 0.247 e. The average molecular weight is 274 g/mol. The minimum atomic E-state index is -1.64. The van der Waals surface area contributed by atoms with Crippen molar-refractivity contribution in [2.45, 2.75) is 12.8 Å². The quantitative estimate of drug-likeness (QED) is 0.434. The normalized spacial score (nSPS) is 11.3. The summed E-state index contributed by atoms with van der Waals surface area (Å²) >= 11 is -1.64. The van der Waals surface area contributed by atoms with Crippen LogP contribution in [0.1, 0.15) is 12.8 Å². The van der Waals surface area contributed by atoms with Crippen LogP contribution in [0, 0.1) is 0 Å². The molecule has 0 heterocycles. The molecule has 0 aliphatic rings. The van der Waals surface area contributed by atoms with Crippen LogP contribution >= 0.6 is 0 Å². The number of hydrogen-bond donors (Lipinski definition) is 2. The SMILES string of the molecule is C=CCCC(=O)NCCNC(=O)COS(=O)C=C. The molecule has 0 rings (SSSR count). The van der Waals surface area contributed by atoms with Gasteiger partial charge in [0.2, 0.25) is 11.8 Å². The summed E-state index contributed by atoms with van der Waals surface area (Å²) in [6, 6.07) is 0. The lowest BCUT2D eigenvalue weighted by Gasteiger charge is -2.06. The second kappa shape index (κ2) is 10.7. The predicted molar refractivity (Wildman–Crippen MR) is 69.7 cm³/mol. The highest BCUT2D eigenvalue weighted by Crippen LogP contribution is 1.88. The van der Waals surface area contributed by atoms with Crippen LogP contribution in [0.2, 0.25) is 0 Å². The van der Waals surface area contributed by atoms with E-state index in [1.54, 1.807) is 6.08 Å². The van der Waals surface area contributed by atoms with Crippen molar-refractivity contribution in [1.82, 2.24) is 10.6 Å². The van der Waals surface area contributed by atoms with Gasteiger partial charge >= 0.3 is 0 Å². The molecule has 0 aromatic heterocycles. The first kappa shape index (κ1) is 16.5. The third kappa shape index (κ3) is 9.73. The van der Waals surface area contributed by atoms with Crippen LogP contribution in [0.25, 0.3) is 0 Å². The van der Waals surface area contributed by atoms with Crippen LogP contribution in [-0.4, -0.2) is 35.7 Å². The molecule has 0 aromatic carbocycles. The Morgan fingerprint density at radius 2 is 1.78 bits per heavy atom. The van der Waals surface area contributed by atoms with Gasteiger partial charge in [0.05, 0.1) is 0 Å². The number of carbonyl (C=O) groups is 2. The molecule has 2 amide bonds. The Hall–Kier alpha value is -1.47. The number of rotatable bonds is 10. The maximum absolute atomic E-state index is 11.2. The molecule has 0 spiro atoms. The van der Waals surface area contributed by atoms with E-state index in [2.05, 4.69) is 28.0 Å². The van der Waals surface area contributed by atoms with Crippen LogP contribution in [0.3, 0.4) is 0 Å². The maximum Gasteiger partial charge on any atom is 0.247 e. The van der Waals surface area contributed by atoms with Gasteiger partial charge in [0.1, 0.15) is 6.61 Å². The predicted octanol–water partition coefficient (Wildman–Crippen LogP) is 0.00880. The van der Waals surface area contributed by atoms with Gasteiger partial charge in [0, 0.05) is 24.9 Å². The van der Waals surface area contributed by atoms with Crippen LogP contribution in [0.15, 0.2) is 24.6 Å². The third-order valence-corrected chi connectivity index (χ3v) is 2.41. The van der Waals surface area contributed by atoms with Gasteiger partial charge in [-0.05, 0) is 6.42 Å². The first-order valence-electron chi connectivity index (χ1n) is 5.40. The van der Waals surface area contributed by atoms with Gasteiger partial charge < -0.3 is 10.6 Å². The zero-order valence-corrected chi connectivity index (χ0v) is 11.0. The minimum absolute atomic E-state index is 0.0897. The van der Waals surface area contributed by atoms with E-state index in [4.69, 9.17) is 0 Å². The van der Waals surface area contributed by atoms with Crippen molar-refractivity contribution in [1.29, 1.82) is 0 Å². The molecule has 2 N–H and O–H groups in total. The number of allylic oxidation sites excluding steroid dienone is 1. The molecular formula is C11H18N2O4S. The fraction of sp³-hybridized carbons (Fsp3) is 0.455. The standard InChI is InChI=1S/C11H18N2O4S/c1-3-5-6-10(14)12-7-8-13-11(15)9-17-18(16)4-2/h3-4H,1-2,5-9H2,(H,12,14)(H,13,15). The van der Waals surface area contributed by atoms with E-state index in [1.807, 2.05) is 0 Å². The molecule has 0 radical (unpaired) electrons. The molecule has 0 aliphatic carbocycles. The number of nitrogens with one attached hydrogen (secondary N) is 2.